The van der Waals surface area contributed by atoms with E-state index in [9.17, 15) is 14.4 Å². The first kappa shape index (κ1) is 24.9. The van der Waals surface area contributed by atoms with E-state index in [0.29, 0.717) is 40.2 Å². The largest absolute Gasteiger partial charge is 0.370 e. The van der Waals surface area contributed by atoms with Crippen molar-refractivity contribution < 1.29 is 14.4 Å². The van der Waals surface area contributed by atoms with Crippen LogP contribution in [-0.4, -0.2) is 34.3 Å². The number of primary amides is 1. The highest BCUT2D eigenvalue weighted by Gasteiger charge is 2.20. The van der Waals surface area contributed by atoms with Crippen molar-refractivity contribution in [3.8, 4) is 6.07 Å². The maximum absolute atomic E-state index is 12.8. The molecule has 3 aromatic rings. The summed E-state index contributed by atoms with van der Waals surface area (Å²) in [6.07, 6.45) is 6.44. The molecule has 1 aromatic heterocycles. The van der Waals surface area contributed by atoms with Crippen molar-refractivity contribution >= 4 is 40.4 Å². The predicted octanol–water partition coefficient (Wildman–Crippen LogP) is 3.97. The molecule has 0 saturated heterocycles. The summed E-state index contributed by atoms with van der Waals surface area (Å²) in [5.74, 6) is 0.116. The number of hydrogen-bond donors (Lipinski definition) is 2. The fraction of sp³-hybridized carbons (Fsp3) is 0.370. The molecule has 0 atom stereocenters. The lowest BCUT2D eigenvalue weighted by atomic mass is 10.0. The molecule has 1 saturated carbocycles. The van der Waals surface area contributed by atoms with Crippen molar-refractivity contribution in [3.05, 3.63) is 53.6 Å². The minimum absolute atomic E-state index is 0.0590. The van der Waals surface area contributed by atoms with Gasteiger partial charge in [-0.05, 0) is 54.8 Å². The SMILES string of the molecule is CN(C(=O)CCC1CCCC1)c1ccc2c(c1)nc(NC(=O)c1ccc(C#N)cc1)n2CCC(N)=O. The van der Waals surface area contributed by atoms with E-state index in [0.717, 1.165) is 6.42 Å². The number of rotatable bonds is 9. The Morgan fingerprint density at radius 1 is 1.14 bits per heavy atom. The Kier molecular flexibility index (Phi) is 7.64. The first-order valence-corrected chi connectivity index (χ1v) is 12.2. The van der Waals surface area contributed by atoms with Crippen molar-refractivity contribution in [2.45, 2.75) is 51.5 Å². The summed E-state index contributed by atoms with van der Waals surface area (Å²) in [5, 5.41) is 11.8. The Labute approximate surface area is 209 Å². The van der Waals surface area contributed by atoms with Gasteiger partial charge in [0.2, 0.25) is 17.8 Å². The van der Waals surface area contributed by atoms with Gasteiger partial charge in [0.25, 0.3) is 5.91 Å². The van der Waals surface area contributed by atoms with E-state index < -0.39 is 11.8 Å². The number of carbonyl (C=O) groups excluding carboxylic acids is 3. The van der Waals surface area contributed by atoms with Crippen LogP contribution >= 0.6 is 0 Å². The van der Waals surface area contributed by atoms with Crippen molar-refractivity contribution in [2.75, 3.05) is 17.3 Å². The third kappa shape index (κ3) is 5.71. The van der Waals surface area contributed by atoms with Crippen LogP contribution in [0, 0.1) is 17.2 Å². The number of nitriles is 1. The standard InChI is InChI=1S/C27H30N6O3/c1-32(25(35)13-8-18-4-2-3-5-18)21-11-12-23-22(16-21)30-27(33(23)15-14-24(29)34)31-26(36)20-9-6-19(17-28)7-10-20/h6-7,9-12,16,18H,2-5,8,13-15H2,1H3,(H2,29,34)(H,30,31,36). The number of fused-ring (bicyclic) bond motifs is 1. The summed E-state index contributed by atoms with van der Waals surface area (Å²) >= 11 is 0. The zero-order chi connectivity index (χ0) is 25.7. The Morgan fingerprint density at radius 3 is 2.53 bits per heavy atom. The Bertz CT molecular complexity index is 1320. The first-order valence-electron chi connectivity index (χ1n) is 12.2. The monoisotopic (exact) mass is 486 g/mol. The summed E-state index contributed by atoms with van der Waals surface area (Å²) < 4.78 is 1.73. The number of imidazole rings is 1. The number of aryl methyl sites for hydroxylation is 1. The molecule has 4 rings (SSSR count). The molecule has 0 bridgehead atoms. The lowest BCUT2D eigenvalue weighted by Crippen LogP contribution is -2.26. The number of aromatic nitrogens is 2. The molecule has 0 aliphatic heterocycles. The lowest BCUT2D eigenvalue weighted by molar-refractivity contribution is -0.119. The van der Waals surface area contributed by atoms with Gasteiger partial charge in [-0.2, -0.15) is 5.26 Å². The highest BCUT2D eigenvalue weighted by Crippen LogP contribution is 2.30. The molecule has 9 nitrogen and oxygen atoms in total. The molecule has 0 unspecified atom stereocenters. The van der Waals surface area contributed by atoms with Crippen LogP contribution < -0.4 is 16.0 Å². The normalized spacial score (nSPS) is 13.4. The molecule has 0 radical (unpaired) electrons. The molecule has 9 heteroatoms. The van der Waals surface area contributed by atoms with Gasteiger partial charge in [0.1, 0.15) is 0 Å². The Balaban J connectivity index is 1.56. The molecule has 1 aliphatic carbocycles. The van der Waals surface area contributed by atoms with E-state index in [1.54, 1.807) is 46.8 Å². The highest BCUT2D eigenvalue weighted by atomic mass is 16.2. The second kappa shape index (κ2) is 11.0. The maximum atomic E-state index is 12.8. The minimum Gasteiger partial charge on any atom is -0.370 e. The topological polar surface area (TPSA) is 134 Å². The fourth-order valence-electron chi connectivity index (χ4n) is 4.68. The second-order valence-corrected chi connectivity index (χ2v) is 9.26. The zero-order valence-electron chi connectivity index (χ0n) is 20.4. The van der Waals surface area contributed by atoms with E-state index >= 15 is 0 Å². The van der Waals surface area contributed by atoms with E-state index in [1.807, 2.05) is 18.2 Å². The summed E-state index contributed by atoms with van der Waals surface area (Å²) in [6, 6.07) is 13.8. The van der Waals surface area contributed by atoms with Gasteiger partial charge in [0, 0.05) is 37.7 Å². The second-order valence-electron chi connectivity index (χ2n) is 9.26. The predicted molar refractivity (Wildman–Crippen MR) is 137 cm³/mol. The van der Waals surface area contributed by atoms with Crippen LogP contribution in [0.4, 0.5) is 11.6 Å². The lowest BCUT2D eigenvalue weighted by Gasteiger charge is -2.18. The van der Waals surface area contributed by atoms with Crippen LogP contribution in [0.25, 0.3) is 11.0 Å². The van der Waals surface area contributed by atoms with E-state index in [-0.39, 0.29) is 24.8 Å². The first-order chi connectivity index (χ1) is 17.4. The number of carbonyl (C=O) groups is 3. The van der Waals surface area contributed by atoms with Gasteiger partial charge in [-0.1, -0.05) is 25.7 Å². The molecule has 1 heterocycles. The van der Waals surface area contributed by atoms with Gasteiger partial charge in [0.15, 0.2) is 0 Å². The van der Waals surface area contributed by atoms with E-state index in [1.165, 1.54) is 25.7 Å². The van der Waals surface area contributed by atoms with Crippen molar-refractivity contribution in [1.82, 2.24) is 9.55 Å². The van der Waals surface area contributed by atoms with Gasteiger partial charge in [-0.25, -0.2) is 4.98 Å². The van der Waals surface area contributed by atoms with Gasteiger partial charge in [0.05, 0.1) is 22.7 Å². The van der Waals surface area contributed by atoms with Crippen molar-refractivity contribution in [1.29, 1.82) is 5.26 Å². The molecule has 186 valence electrons. The third-order valence-corrected chi connectivity index (χ3v) is 6.82. The molecule has 3 N–H and O–H groups in total. The van der Waals surface area contributed by atoms with E-state index in [4.69, 9.17) is 11.0 Å². The third-order valence-electron chi connectivity index (χ3n) is 6.82. The molecule has 1 fully saturated rings. The molecular formula is C27H30N6O3. The summed E-state index contributed by atoms with van der Waals surface area (Å²) in [6.45, 7) is 0.240. The van der Waals surface area contributed by atoms with E-state index in [2.05, 4.69) is 10.3 Å². The number of amides is 3. The van der Waals surface area contributed by atoms with Crippen LogP contribution in [-0.2, 0) is 16.1 Å². The fourth-order valence-corrected chi connectivity index (χ4v) is 4.68. The minimum atomic E-state index is -0.467. The molecule has 0 spiro atoms. The van der Waals surface area contributed by atoms with Gasteiger partial charge < -0.3 is 15.2 Å². The Morgan fingerprint density at radius 2 is 1.86 bits per heavy atom. The number of hydrogen-bond acceptors (Lipinski definition) is 5. The molecule has 36 heavy (non-hydrogen) atoms. The number of nitrogens with one attached hydrogen (secondary N) is 1. The average Bonchev–Trinajstić information content (AvgIpc) is 3.52. The maximum Gasteiger partial charge on any atom is 0.257 e. The van der Waals surface area contributed by atoms with Crippen LogP contribution in [0.2, 0.25) is 0 Å². The van der Waals surface area contributed by atoms with Crippen LogP contribution in [0.5, 0.6) is 0 Å². The molecule has 3 amide bonds. The van der Waals surface area contributed by atoms with Crippen molar-refractivity contribution in [3.63, 3.8) is 0 Å². The zero-order valence-corrected chi connectivity index (χ0v) is 20.4. The molecular weight excluding hydrogens is 456 g/mol. The molecule has 1 aliphatic rings. The summed E-state index contributed by atoms with van der Waals surface area (Å²) in [7, 11) is 1.76. The summed E-state index contributed by atoms with van der Waals surface area (Å²) in [4.78, 5) is 43.3. The number of nitrogens with zero attached hydrogens (tertiary/aromatic N) is 4. The highest BCUT2D eigenvalue weighted by molar-refractivity contribution is 6.04. The summed E-state index contributed by atoms with van der Waals surface area (Å²) in [5.41, 5.74) is 8.19. The number of nitrogens with two attached hydrogens (primary N) is 1. The van der Waals surface area contributed by atoms with Crippen LogP contribution in [0.3, 0.4) is 0 Å². The smallest absolute Gasteiger partial charge is 0.257 e. The van der Waals surface area contributed by atoms with Crippen LogP contribution in [0.15, 0.2) is 42.5 Å². The Hall–Kier alpha value is -4.19. The van der Waals surface area contributed by atoms with Gasteiger partial charge in [-0.15, -0.1) is 0 Å². The van der Waals surface area contributed by atoms with Gasteiger partial charge >= 0.3 is 0 Å². The van der Waals surface area contributed by atoms with Gasteiger partial charge in [-0.3, -0.25) is 19.7 Å². The quantitative estimate of drug-likeness (QED) is 0.472. The molecule has 2 aromatic carbocycles. The number of anilines is 2. The number of benzene rings is 2. The van der Waals surface area contributed by atoms with Crippen molar-refractivity contribution in [2.24, 2.45) is 11.7 Å². The average molecular weight is 487 g/mol. The van der Waals surface area contributed by atoms with Crippen LogP contribution in [0.1, 0.15) is 60.9 Å².